The molecule has 2 aliphatic rings. The molecule has 0 spiro atoms. The van der Waals surface area contributed by atoms with Crippen LogP contribution in [0, 0.1) is 12.8 Å². The Hall–Kier alpha value is -1.07. The first-order valence-corrected chi connectivity index (χ1v) is 7.70. The summed E-state index contributed by atoms with van der Waals surface area (Å²) in [5, 5.41) is 21.7. The predicted molar refractivity (Wildman–Crippen MR) is 82.1 cm³/mol. The summed E-state index contributed by atoms with van der Waals surface area (Å²) in [5.74, 6) is 0.118. The number of allylic oxidation sites excluding steroid dienone is 1. The Morgan fingerprint density at radius 1 is 1.38 bits per heavy atom. The van der Waals surface area contributed by atoms with Gasteiger partial charge in [0, 0.05) is 10.9 Å². The van der Waals surface area contributed by atoms with E-state index in [9.17, 15) is 10.2 Å². The van der Waals surface area contributed by atoms with Crippen molar-refractivity contribution >= 4 is 17.3 Å². The average molecular weight is 310 g/mol. The first-order valence-electron chi connectivity index (χ1n) is 7.32. The van der Waals surface area contributed by atoms with Crippen molar-refractivity contribution in [2.45, 2.75) is 38.5 Å². The molecule has 3 rings (SSSR count). The summed E-state index contributed by atoms with van der Waals surface area (Å²) in [5.41, 5.74) is 2.67. The lowest BCUT2D eigenvalue weighted by atomic mass is 9.81. The number of hydroxylamine groups is 1. The smallest absolute Gasteiger partial charge is 0.174 e. The Morgan fingerprint density at radius 3 is 2.81 bits per heavy atom. The first-order chi connectivity index (χ1) is 10.1. The average Bonchev–Trinajstić information content (AvgIpc) is 2.42. The van der Waals surface area contributed by atoms with E-state index in [1.807, 2.05) is 36.3 Å². The van der Waals surface area contributed by atoms with E-state index in [0.29, 0.717) is 11.6 Å². The molecular formula is C16H20ClNO3. The Bertz CT molecular complexity index is 558. The highest BCUT2D eigenvalue weighted by atomic mass is 35.5. The molecule has 0 saturated carbocycles. The largest absolute Gasteiger partial charge is 0.365 e. The highest BCUT2D eigenvalue weighted by molar-refractivity contribution is 6.31. The summed E-state index contributed by atoms with van der Waals surface area (Å²) in [6, 6.07) is 5.98. The van der Waals surface area contributed by atoms with Gasteiger partial charge in [-0.05, 0) is 49.5 Å². The highest BCUT2D eigenvalue weighted by Gasteiger charge is 2.40. The quantitative estimate of drug-likeness (QED) is 0.666. The Balaban J connectivity index is 1.81. The molecule has 1 aromatic rings. The van der Waals surface area contributed by atoms with Crippen LogP contribution in [0.3, 0.4) is 0 Å². The number of anilines is 1. The van der Waals surface area contributed by atoms with Gasteiger partial charge in [-0.3, -0.25) is 4.84 Å². The maximum atomic E-state index is 9.56. The second kappa shape index (κ2) is 5.97. The molecule has 0 aromatic heterocycles. The third kappa shape index (κ3) is 2.81. The van der Waals surface area contributed by atoms with Gasteiger partial charge in [0.25, 0.3) is 0 Å². The molecule has 0 radical (unpaired) electrons. The van der Waals surface area contributed by atoms with E-state index >= 15 is 0 Å². The number of benzene rings is 1. The van der Waals surface area contributed by atoms with Crippen LogP contribution in [0.1, 0.15) is 24.8 Å². The molecule has 4 nitrogen and oxygen atoms in total. The van der Waals surface area contributed by atoms with Crippen LogP contribution >= 0.6 is 11.6 Å². The lowest BCUT2D eigenvalue weighted by molar-refractivity contribution is -0.0628. The fraction of sp³-hybridized carbons (Fsp3) is 0.500. The first kappa shape index (κ1) is 14.9. The number of hydrogen-bond acceptors (Lipinski definition) is 4. The third-order valence-electron chi connectivity index (χ3n) is 4.39. The Kier molecular flexibility index (Phi) is 4.22. The van der Waals surface area contributed by atoms with E-state index in [2.05, 4.69) is 0 Å². The fourth-order valence-corrected chi connectivity index (χ4v) is 3.31. The van der Waals surface area contributed by atoms with Crippen LogP contribution in [0.5, 0.6) is 0 Å². The Labute approximate surface area is 129 Å². The zero-order valence-corrected chi connectivity index (χ0v) is 12.8. The van der Waals surface area contributed by atoms with Crippen molar-refractivity contribution in [1.29, 1.82) is 0 Å². The van der Waals surface area contributed by atoms with Crippen molar-refractivity contribution in [1.82, 2.24) is 0 Å². The van der Waals surface area contributed by atoms with Crippen LogP contribution in [-0.2, 0) is 4.84 Å². The number of aryl methyl sites for hydroxylation is 1. The summed E-state index contributed by atoms with van der Waals surface area (Å²) in [7, 11) is 0. The molecule has 5 heteroatoms. The summed E-state index contributed by atoms with van der Waals surface area (Å²) < 4.78 is 0. The van der Waals surface area contributed by atoms with Gasteiger partial charge in [-0.2, -0.15) is 0 Å². The molecule has 114 valence electrons. The molecule has 1 saturated heterocycles. The van der Waals surface area contributed by atoms with Gasteiger partial charge in [-0.15, -0.1) is 0 Å². The number of hydrogen-bond donors (Lipinski definition) is 2. The second-order valence-corrected chi connectivity index (χ2v) is 6.14. The monoisotopic (exact) mass is 309 g/mol. The maximum Gasteiger partial charge on any atom is 0.174 e. The Morgan fingerprint density at radius 2 is 2.19 bits per heavy atom. The minimum atomic E-state index is -1.38. The van der Waals surface area contributed by atoms with E-state index in [4.69, 9.17) is 16.4 Å². The summed E-state index contributed by atoms with van der Waals surface area (Å²) in [6.07, 6.45) is 3.51. The maximum absolute atomic E-state index is 9.56. The standard InChI is InChI=1S/C16H20ClNO3/c1-10-6-7-11(8-14(10)17)18-15(9-21-18)12-4-2-3-5-13(12)16(19)20/h5-8,12,15-16,19-20H,2-4,9H2,1H3. The normalized spacial score (nSPS) is 25.8. The van der Waals surface area contributed by atoms with E-state index < -0.39 is 6.29 Å². The van der Waals surface area contributed by atoms with Crippen molar-refractivity contribution in [2.24, 2.45) is 5.92 Å². The van der Waals surface area contributed by atoms with Gasteiger partial charge in [0.05, 0.1) is 18.3 Å². The molecule has 1 aliphatic carbocycles. The van der Waals surface area contributed by atoms with Crippen molar-refractivity contribution in [3.8, 4) is 0 Å². The molecule has 1 aliphatic heterocycles. The lowest BCUT2D eigenvalue weighted by Crippen LogP contribution is -2.56. The summed E-state index contributed by atoms with van der Waals surface area (Å²) >= 11 is 6.18. The molecule has 1 fully saturated rings. The van der Waals surface area contributed by atoms with Crippen LogP contribution in [0.4, 0.5) is 5.69 Å². The van der Waals surface area contributed by atoms with Crippen molar-refractivity contribution in [3.63, 3.8) is 0 Å². The molecule has 2 unspecified atom stereocenters. The number of halogens is 1. The number of rotatable bonds is 3. The zero-order valence-electron chi connectivity index (χ0n) is 12.0. The number of nitrogens with zero attached hydrogens (tertiary/aromatic N) is 1. The molecule has 2 N–H and O–H groups in total. The number of aliphatic hydroxyl groups is 2. The minimum absolute atomic E-state index is 0.118. The van der Waals surface area contributed by atoms with Gasteiger partial charge in [0.1, 0.15) is 0 Å². The van der Waals surface area contributed by atoms with Crippen LogP contribution in [-0.4, -0.2) is 29.2 Å². The predicted octanol–water partition coefficient (Wildman–Crippen LogP) is 2.81. The van der Waals surface area contributed by atoms with Gasteiger partial charge >= 0.3 is 0 Å². The van der Waals surface area contributed by atoms with Gasteiger partial charge in [0.2, 0.25) is 0 Å². The van der Waals surface area contributed by atoms with E-state index in [0.717, 1.165) is 36.1 Å². The van der Waals surface area contributed by atoms with Gasteiger partial charge in [0.15, 0.2) is 6.29 Å². The number of aliphatic hydroxyl groups excluding tert-OH is 1. The minimum Gasteiger partial charge on any atom is -0.365 e. The van der Waals surface area contributed by atoms with Crippen LogP contribution in [0.15, 0.2) is 29.8 Å². The molecule has 1 aromatic carbocycles. The van der Waals surface area contributed by atoms with Crippen molar-refractivity contribution in [3.05, 3.63) is 40.4 Å². The second-order valence-electron chi connectivity index (χ2n) is 5.74. The zero-order chi connectivity index (χ0) is 15.0. The third-order valence-corrected chi connectivity index (χ3v) is 4.79. The lowest BCUT2D eigenvalue weighted by Gasteiger charge is -2.47. The van der Waals surface area contributed by atoms with E-state index in [1.54, 1.807) is 0 Å². The molecule has 1 heterocycles. The van der Waals surface area contributed by atoms with Crippen molar-refractivity contribution in [2.75, 3.05) is 11.7 Å². The molecule has 2 atom stereocenters. The van der Waals surface area contributed by atoms with Crippen LogP contribution < -0.4 is 5.06 Å². The molecule has 0 bridgehead atoms. The van der Waals surface area contributed by atoms with Gasteiger partial charge < -0.3 is 10.2 Å². The van der Waals surface area contributed by atoms with Crippen LogP contribution in [0.2, 0.25) is 5.02 Å². The van der Waals surface area contributed by atoms with Crippen molar-refractivity contribution < 1.29 is 15.1 Å². The van der Waals surface area contributed by atoms with E-state index in [1.165, 1.54) is 0 Å². The van der Waals surface area contributed by atoms with Crippen LogP contribution in [0.25, 0.3) is 0 Å². The molecular weight excluding hydrogens is 290 g/mol. The molecule has 21 heavy (non-hydrogen) atoms. The van der Waals surface area contributed by atoms with Gasteiger partial charge in [-0.1, -0.05) is 23.7 Å². The summed E-state index contributed by atoms with van der Waals surface area (Å²) in [6.45, 7) is 2.56. The van der Waals surface area contributed by atoms with E-state index in [-0.39, 0.29) is 12.0 Å². The van der Waals surface area contributed by atoms with Gasteiger partial charge in [-0.25, -0.2) is 5.06 Å². The summed E-state index contributed by atoms with van der Waals surface area (Å²) in [4.78, 5) is 5.59. The topological polar surface area (TPSA) is 52.9 Å². The highest BCUT2D eigenvalue weighted by Crippen LogP contribution is 2.38. The molecule has 0 amide bonds. The fourth-order valence-electron chi connectivity index (χ4n) is 3.14. The SMILES string of the molecule is Cc1ccc(N2OCC2C2CCCC=C2C(O)O)cc1Cl.